The minimum Gasteiger partial charge on any atom is -0.497 e. The van der Waals surface area contributed by atoms with Crippen molar-refractivity contribution in [1.29, 1.82) is 0 Å². The van der Waals surface area contributed by atoms with Crippen LogP contribution in [0.5, 0.6) is 5.75 Å². The molecule has 0 aliphatic heterocycles. The second-order valence-electron chi connectivity index (χ2n) is 11.6. The molecule has 2 aromatic rings. The zero-order valence-electron chi connectivity index (χ0n) is 26.3. The van der Waals surface area contributed by atoms with Crippen LogP contribution in [0.2, 0.25) is 0 Å². The average Bonchev–Trinajstić information content (AvgIpc) is 2.92. The van der Waals surface area contributed by atoms with Gasteiger partial charge in [0.15, 0.2) is 0 Å². The molecule has 2 amide bonds. The molecule has 1 aromatic heterocycles. The first-order chi connectivity index (χ1) is 19.3. The number of hydrogen-bond donors (Lipinski definition) is 6. The van der Waals surface area contributed by atoms with Crippen LogP contribution in [0.15, 0.2) is 24.3 Å². The highest BCUT2D eigenvalue weighted by Crippen LogP contribution is 2.31. The number of ether oxygens (including phenoxy) is 1. The maximum atomic E-state index is 12.3. The van der Waals surface area contributed by atoms with E-state index in [-0.39, 0.29) is 67.4 Å². The number of nitrogens with zero attached hydrogens (tertiary/aromatic N) is 1. The van der Waals surface area contributed by atoms with Gasteiger partial charge in [0.05, 0.1) is 24.4 Å². The summed E-state index contributed by atoms with van der Waals surface area (Å²) in [4.78, 5) is 41.1. The molecule has 1 heterocycles. The number of carboxylic acids is 1. The van der Waals surface area contributed by atoms with Crippen molar-refractivity contribution in [3.8, 4) is 5.75 Å². The highest BCUT2D eigenvalue weighted by molar-refractivity contribution is 5.92. The van der Waals surface area contributed by atoms with Crippen molar-refractivity contribution in [3.63, 3.8) is 0 Å². The van der Waals surface area contributed by atoms with Crippen molar-refractivity contribution < 1.29 is 24.2 Å². The van der Waals surface area contributed by atoms with Crippen LogP contribution in [-0.2, 0) is 19.8 Å². The minimum atomic E-state index is -1.20. The van der Waals surface area contributed by atoms with E-state index >= 15 is 0 Å². The summed E-state index contributed by atoms with van der Waals surface area (Å²) in [7, 11) is 1.64. The molecule has 0 fully saturated rings. The largest absolute Gasteiger partial charge is 0.497 e. The highest BCUT2D eigenvalue weighted by Gasteiger charge is 2.24. The summed E-state index contributed by atoms with van der Waals surface area (Å²) in [5.74, 6) is -1.26. The van der Waals surface area contributed by atoms with Crippen LogP contribution >= 0.6 is 37.2 Å². The number of unbranched alkanes of at least 4 members (excludes halogenated alkanes) is 1. The second kappa shape index (κ2) is 21.2. The molecule has 0 radical (unpaired) electrons. The Hall–Kier alpha value is -2.57. The second-order valence-corrected chi connectivity index (χ2v) is 11.6. The molecule has 0 saturated heterocycles. The molecule has 1 unspecified atom stereocenters. The fraction of sp³-hybridized carbons (Fsp3) is 0.600. The van der Waals surface area contributed by atoms with E-state index in [4.69, 9.17) is 21.2 Å². The van der Waals surface area contributed by atoms with Crippen molar-refractivity contribution in [2.45, 2.75) is 96.2 Å². The van der Waals surface area contributed by atoms with Crippen LogP contribution in [-0.4, -0.2) is 66.2 Å². The number of carbonyl (C=O) groups is 3. The molecule has 0 aliphatic carbocycles. The first kappa shape index (κ1) is 43.6. The van der Waals surface area contributed by atoms with Gasteiger partial charge in [-0.15, -0.1) is 37.2 Å². The van der Waals surface area contributed by atoms with Crippen LogP contribution < -0.4 is 32.2 Å². The van der Waals surface area contributed by atoms with Gasteiger partial charge in [-0.3, -0.25) is 14.6 Å². The van der Waals surface area contributed by atoms with Gasteiger partial charge in [0.25, 0.3) is 0 Å². The quantitative estimate of drug-likeness (QED) is 0.133. The zero-order valence-corrected chi connectivity index (χ0v) is 28.8. The standard InChI is InChI=1S/C30H48N6O5.3ClH/c1-19(34-24-18-21(41-5)17-20-11-13-25(30(2,3)4)36-27(20)24)9-8-16-33-26(37)14-12-23(29(39)40)35-28(38)22(32)10-6-7-15-31;;;/h11,13,17-19,22-23,34H,6-10,12,14-16,31-32H2,1-5H3,(H,33,37)(H,35,38)(H,39,40);3*1H/t19?,22-,23-;;;/m0.../s1. The fourth-order valence-corrected chi connectivity index (χ4v) is 4.37. The topological polar surface area (TPSA) is 182 Å². The normalized spacial score (nSPS) is 12.8. The van der Waals surface area contributed by atoms with E-state index < -0.39 is 24.0 Å². The summed E-state index contributed by atoms with van der Waals surface area (Å²) in [6.45, 7) is 9.43. The Kier molecular flexibility index (Phi) is 21.0. The lowest BCUT2D eigenvalue weighted by Crippen LogP contribution is -2.48. The van der Waals surface area contributed by atoms with E-state index in [1.807, 2.05) is 18.2 Å². The number of methoxy groups -OCH3 is 1. The van der Waals surface area contributed by atoms with E-state index in [0.717, 1.165) is 47.3 Å². The van der Waals surface area contributed by atoms with Gasteiger partial charge in [-0.05, 0) is 57.7 Å². The number of pyridine rings is 1. The molecule has 11 nitrogen and oxygen atoms in total. The monoisotopic (exact) mass is 680 g/mol. The number of fused-ring (bicyclic) bond motifs is 1. The van der Waals surface area contributed by atoms with Crippen LogP contribution in [0.4, 0.5) is 5.69 Å². The number of carboxylic acid groups (broad SMARTS) is 1. The predicted octanol–water partition coefficient (Wildman–Crippen LogP) is 4.31. The molecular formula is C30H51Cl3N6O5. The number of nitrogens with one attached hydrogen (secondary N) is 3. The third kappa shape index (κ3) is 14.5. The molecule has 8 N–H and O–H groups in total. The van der Waals surface area contributed by atoms with Gasteiger partial charge >= 0.3 is 5.97 Å². The van der Waals surface area contributed by atoms with Gasteiger partial charge in [0.2, 0.25) is 11.8 Å². The summed E-state index contributed by atoms with van der Waals surface area (Å²) in [6.07, 6.45) is 3.31. The molecular weight excluding hydrogens is 631 g/mol. The summed E-state index contributed by atoms with van der Waals surface area (Å²) in [5.41, 5.74) is 14.0. The van der Waals surface area contributed by atoms with Gasteiger partial charge in [0, 0.05) is 41.6 Å². The summed E-state index contributed by atoms with van der Waals surface area (Å²) in [6, 6.07) is 6.15. The minimum absolute atomic E-state index is 0. The van der Waals surface area contributed by atoms with Gasteiger partial charge in [-0.2, -0.15) is 0 Å². The number of benzene rings is 1. The highest BCUT2D eigenvalue weighted by atomic mass is 35.5. The number of carbonyl (C=O) groups excluding carboxylic acids is 2. The van der Waals surface area contributed by atoms with E-state index in [1.54, 1.807) is 7.11 Å². The van der Waals surface area contributed by atoms with Crippen LogP contribution in [0.1, 0.15) is 78.3 Å². The van der Waals surface area contributed by atoms with Crippen LogP contribution in [0, 0.1) is 0 Å². The van der Waals surface area contributed by atoms with E-state index in [2.05, 4.69) is 49.7 Å². The van der Waals surface area contributed by atoms with Gasteiger partial charge < -0.3 is 37.3 Å². The number of aromatic nitrogens is 1. The van der Waals surface area contributed by atoms with Crippen molar-refractivity contribution in [3.05, 3.63) is 30.0 Å². The number of nitrogens with two attached hydrogens (primary N) is 2. The Morgan fingerprint density at radius 3 is 2.30 bits per heavy atom. The molecule has 1 aromatic carbocycles. The van der Waals surface area contributed by atoms with Crippen LogP contribution in [0.25, 0.3) is 10.9 Å². The van der Waals surface area contributed by atoms with Gasteiger partial charge in [-0.1, -0.05) is 33.3 Å². The van der Waals surface area contributed by atoms with E-state index in [1.165, 1.54) is 0 Å². The molecule has 0 aliphatic rings. The summed E-state index contributed by atoms with van der Waals surface area (Å²) >= 11 is 0. The number of amides is 2. The first-order valence-corrected chi connectivity index (χ1v) is 14.4. The third-order valence-electron chi connectivity index (χ3n) is 6.89. The summed E-state index contributed by atoms with van der Waals surface area (Å²) in [5, 5.41) is 19.3. The molecule has 0 spiro atoms. The van der Waals surface area contributed by atoms with Gasteiger partial charge in [-0.25, -0.2) is 4.79 Å². The van der Waals surface area contributed by atoms with Crippen molar-refractivity contribution in [1.82, 2.24) is 15.6 Å². The molecule has 2 rings (SSSR count). The first-order valence-electron chi connectivity index (χ1n) is 14.4. The Labute approximate surface area is 279 Å². The molecule has 252 valence electrons. The molecule has 0 bridgehead atoms. The number of rotatable bonds is 17. The fourth-order valence-electron chi connectivity index (χ4n) is 4.37. The smallest absolute Gasteiger partial charge is 0.326 e. The molecule has 0 saturated carbocycles. The molecule has 3 atom stereocenters. The maximum absolute atomic E-state index is 12.3. The SMILES string of the molecule is COc1cc(NC(C)CCCNC(=O)CC[C@H](NC(=O)[C@@H](N)CCCCN)C(=O)O)c2nc(C(C)(C)C)ccc2c1.Cl.Cl.Cl. The van der Waals surface area contributed by atoms with Crippen molar-refractivity contribution >= 4 is 71.6 Å². The average molecular weight is 682 g/mol. The molecule has 14 heteroatoms. The lowest BCUT2D eigenvalue weighted by molar-refractivity contribution is -0.142. The third-order valence-corrected chi connectivity index (χ3v) is 6.89. The lowest BCUT2D eigenvalue weighted by atomic mass is 9.91. The maximum Gasteiger partial charge on any atom is 0.326 e. The van der Waals surface area contributed by atoms with E-state index in [0.29, 0.717) is 25.9 Å². The van der Waals surface area contributed by atoms with Crippen molar-refractivity contribution in [2.24, 2.45) is 11.5 Å². The number of anilines is 1. The summed E-state index contributed by atoms with van der Waals surface area (Å²) < 4.78 is 5.49. The van der Waals surface area contributed by atoms with Crippen molar-refractivity contribution in [2.75, 3.05) is 25.5 Å². The Bertz CT molecular complexity index is 1180. The Balaban J connectivity index is 0. The van der Waals surface area contributed by atoms with Crippen LogP contribution in [0.3, 0.4) is 0 Å². The Morgan fingerprint density at radius 1 is 1.02 bits per heavy atom. The predicted molar refractivity (Wildman–Crippen MR) is 184 cm³/mol. The molecule has 44 heavy (non-hydrogen) atoms. The lowest BCUT2D eigenvalue weighted by Gasteiger charge is -2.21. The Morgan fingerprint density at radius 2 is 1.70 bits per heavy atom. The van der Waals surface area contributed by atoms with Gasteiger partial charge in [0.1, 0.15) is 11.8 Å². The number of halogens is 3. The number of aliphatic carboxylic acids is 1. The zero-order chi connectivity index (χ0) is 30.6. The van der Waals surface area contributed by atoms with E-state index in [9.17, 15) is 19.5 Å². The number of hydrogen-bond acceptors (Lipinski definition) is 8.